The molecule has 0 saturated carbocycles. The fourth-order valence-corrected chi connectivity index (χ4v) is 1.95. The van der Waals surface area contributed by atoms with E-state index in [1.807, 2.05) is 9.24 Å². The number of benzene rings is 1. The molecule has 0 spiro atoms. The van der Waals surface area contributed by atoms with Crippen LogP contribution in [0.4, 0.5) is 8.78 Å². The van der Waals surface area contributed by atoms with Gasteiger partial charge in [0, 0.05) is 6.04 Å². The first-order chi connectivity index (χ1) is 8.86. The van der Waals surface area contributed by atoms with Crippen molar-refractivity contribution in [2.24, 2.45) is 0 Å². The van der Waals surface area contributed by atoms with E-state index in [0.717, 1.165) is 6.07 Å². The summed E-state index contributed by atoms with van der Waals surface area (Å²) in [6, 6.07) is 3.50. The lowest BCUT2D eigenvalue weighted by Gasteiger charge is -2.28. The van der Waals surface area contributed by atoms with Gasteiger partial charge in [-0.25, -0.2) is 8.78 Å². The molecule has 1 aromatic rings. The molecule has 0 saturated heterocycles. The summed E-state index contributed by atoms with van der Waals surface area (Å²) in [6.45, 7) is 3.48. The van der Waals surface area contributed by atoms with E-state index in [-0.39, 0.29) is 23.9 Å². The monoisotopic (exact) mass is 289 g/mol. The molecule has 2 atom stereocenters. The standard InChI is InChI=1S/C13H18F2NO2P/c1-8(2)16(7-12(15)19)13(17)10-6-9(14)4-5-11(10)18-3/h4-6,8,12H,7,19H2,1-3H3. The van der Waals surface area contributed by atoms with Crippen molar-refractivity contribution in [3.63, 3.8) is 0 Å². The Morgan fingerprint density at radius 2 is 2.11 bits per heavy atom. The van der Waals surface area contributed by atoms with E-state index >= 15 is 0 Å². The molecule has 0 heterocycles. The molecule has 0 N–H and O–H groups in total. The molecule has 2 unspecified atom stereocenters. The summed E-state index contributed by atoms with van der Waals surface area (Å²) in [4.78, 5) is 13.7. The van der Waals surface area contributed by atoms with E-state index < -0.39 is 17.6 Å². The summed E-state index contributed by atoms with van der Waals surface area (Å²) in [5.41, 5.74) is 0.0989. The van der Waals surface area contributed by atoms with Crippen molar-refractivity contribution in [1.82, 2.24) is 4.90 Å². The Hall–Kier alpha value is -1.22. The highest BCUT2D eigenvalue weighted by molar-refractivity contribution is 7.17. The van der Waals surface area contributed by atoms with Crippen LogP contribution in [0.15, 0.2) is 18.2 Å². The predicted octanol–water partition coefficient (Wildman–Crippen LogP) is 2.86. The number of hydrogen-bond donors (Lipinski definition) is 0. The topological polar surface area (TPSA) is 29.5 Å². The molecule has 0 aliphatic rings. The third kappa shape index (κ3) is 4.13. The molecular formula is C13H18F2NO2P. The van der Waals surface area contributed by atoms with Crippen LogP contribution in [0.3, 0.4) is 0 Å². The second-order valence-corrected chi connectivity index (χ2v) is 5.14. The summed E-state index contributed by atoms with van der Waals surface area (Å²) in [6.07, 6.45) is 0. The van der Waals surface area contributed by atoms with Crippen LogP contribution in [-0.2, 0) is 0 Å². The van der Waals surface area contributed by atoms with Crippen molar-refractivity contribution in [1.29, 1.82) is 0 Å². The third-order valence-electron chi connectivity index (χ3n) is 2.65. The predicted molar refractivity (Wildman–Crippen MR) is 73.7 cm³/mol. The summed E-state index contributed by atoms with van der Waals surface area (Å²) in [7, 11) is 3.40. The van der Waals surface area contributed by atoms with Gasteiger partial charge in [0.25, 0.3) is 5.91 Å². The molecule has 6 heteroatoms. The number of methoxy groups -OCH3 is 1. The zero-order valence-electron chi connectivity index (χ0n) is 11.2. The summed E-state index contributed by atoms with van der Waals surface area (Å²) >= 11 is 0. The van der Waals surface area contributed by atoms with E-state index in [0.29, 0.717) is 0 Å². The van der Waals surface area contributed by atoms with Crippen molar-refractivity contribution in [3.05, 3.63) is 29.6 Å². The second kappa shape index (κ2) is 6.80. The molecule has 1 rings (SSSR count). The highest BCUT2D eigenvalue weighted by Crippen LogP contribution is 2.22. The number of amides is 1. The third-order valence-corrected chi connectivity index (χ3v) is 2.86. The first-order valence-electron chi connectivity index (χ1n) is 5.91. The van der Waals surface area contributed by atoms with Crippen LogP contribution >= 0.6 is 9.24 Å². The zero-order valence-corrected chi connectivity index (χ0v) is 12.3. The van der Waals surface area contributed by atoms with Gasteiger partial charge in [0.15, 0.2) is 0 Å². The van der Waals surface area contributed by atoms with Crippen LogP contribution in [0.2, 0.25) is 0 Å². The van der Waals surface area contributed by atoms with Crippen LogP contribution in [0.5, 0.6) is 5.75 Å². The summed E-state index contributed by atoms with van der Waals surface area (Å²) < 4.78 is 31.4. The minimum atomic E-state index is -1.23. The van der Waals surface area contributed by atoms with Gasteiger partial charge < -0.3 is 9.64 Å². The fourth-order valence-electron chi connectivity index (χ4n) is 1.72. The van der Waals surface area contributed by atoms with Crippen molar-refractivity contribution in [2.45, 2.75) is 25.8 Å². The fraction of sp³-hybridized carbons (Fsp3) is 0.462. The first kappa shape index (κ1) is 15.8. The molecule has 0 bridgehead atoms. The van der Waals surface area contributed by atoms with Crippen LogP contribution in [0.1, 0.15) is 24.2 Å². The van der Waals surface area contributed by atoms with Gasteiger partial charge in [-0.3, -0.25) is 4.79 Å². The van der Waals surface area contributed by atoms with E-state index in [4.69, 9.17) is 4.74 Å². The molecule has 19 heavy (non-hydrogen) atoms. The highest BCUT2D eigenvalue weighted by Gasteiger charge is 2.24. The molecule has 0 aliphatic carbocycles. The van der Waals surface area contributed by atoms with Gasteiger partial charge in [-0.1, -0.05) is 9.24 Å². The van der Waals surface area contributed by atoms with Crippen LogP contribution in [-0.4, -0.2) is 36.4 Å². The maximum atomic E-state index is 13.3. The van der Waals surface area contributed by atoms with E-state index in [9.17, 15) is 13.6 Å². The molecule has 1 aromatic carbocycles. The molecule has 3 nitrogen and oxygen atoms in total. The number of ether oxygens (including phenoxy) is 1. The Balaban J connectivity index is 3.12. The van der Waals surface area contributed by atoms with Gasteiger partial charge in [0.1, 0.15) is 17.5 Å². The largest absolute Gasteiger partial charge is 0.496 e. The highest BCUT2D eigenvalue weighted by atomic mass is 31.0. The number of halogens is 2. The smallest absolute Gasteiger partial charge is 0.258 e. The number of alkyl halides is 1. The quantitative estimate of drug-likeness (QED) is 0.780. The molecule has 0 aromatic heterocycles. The molecule has 0 aliphatic heterocycles. The average molecular weight is 289 g/mol. The SMILES string of the molecule is COc1ccc(F)cc1C(=O)N(CC(F)P)C(C)C. The molecule has 106 valence electrons. The molecule has 0 fully saturated rings. The van der Waals surface area contributed by atoms with Gasteiger partial charge in [-0.15, -0.1) is 0 Å². The number of carbonyl (C=O) groups is 1. The second-order valence-electron chi connectivity index (χ2n) is 4.41. The van der Waals surface area contributed by atoms with Gasteiger partial charge in [0.2, 0.25) is 0 Å². The number of carbonyl (C=O) groups excluding carboxylic acids is 1. The Kier molecular flexibility index (Phi) is 5.67. The van der Waals surface area contributed by atoms with Gasteiger partial charge in [-0.2, -0.15) is 0 Å². The van der Waals surface area contributed by atoms with E-state index in [1.54, 1.807) is 13.8 Å². The van der Waals surface area contributed by atoms with Gasteiger partial charge in [-0.05, 0) is 32.0 Å². The van der Waals surface area contributed by atoms with E-state index in [1.165, 1.54) is 24.1 Å². The molecule has 0 radical (unpaired) electrons. The Labute approximate surface area is 114 Å². The number of nitrogens with zero attached hydrogens (tertiary/aromatic N) is 1. The molecular weight excluding hydrogens is 271 g/mol. The molecule has 1 amide bonds. The van der Waals surface area contributed by atoms with Gasteiger partial charge >= 0.3 is 0 Å². The summed E-state index contributed by atoms with van der Waals surface area (Å²) in [5.74, 6) is -1.94. The normalized spacial score (nSPS) is 12.4. The lowest BCUT2D eigenvalue weighted by molar-refractivity contribution is 0.0678. The Morgan fingerprint density at radius 3 is 2.58 bits per heavy atom. The first-order valence-corrected chi connectivity index (χ1v) is 6.57. The summed E-state index contributed by atoms with van der Waals surface area (Å²) in [5, 5.41) is 0. The Morgan fingerprint density at radius 1 is 1.47 bits per heavy atom. The average Bonchev–Trinajstić information content (AvgIpc) is 2.34. The Bertz CT molecular complexity index is 452. The van der Waals surface area contributed by atoms with Crippen LogP contribution in [0, 0.1) is 5.82 Å². The minimum absolute atomic E-state index is 0.0686. The lowest BCUT2D eigenvalue weighted by atomic mass is 10.1. The maximum absolute atomic E-state index is 13.3. The minimum Gasteiger partial charge on any atom is -0.496 e. The van der Waals surface area contributed by atoms with Crippen molar-refractivity contribution >= 4 is 15.1 Å². The maximum Gasteiger partial charge on any atom is 0.258 e. The van der Waals surface area contributed by atoms with Gasteiger partial charge in [0.05, 0.1) is 19.2 Å². The van der Waals surface area contributed by atoms with Crippen molar-refractivity contribution in [2.75, 3.05) is 13.7 Å². The van der Waals surface area contributed by atoms with Crippen LogP contribution in [0.25, 0.3) is 0 Å². The zero-order chi connectivity index (χ0) is 14.6. The van der Waals surface area contributed by atoms with Crippen molar-refractivity contribution < 1.29 is 18.3 Å². The van der Waals surface area contributed by atoms with Crippen LogP contribution < -0.4 is 4.74 Å². The lowest BCUT2D eigenvalue weighted by Crippen LogP contribution is -2.40. The van der Waals surface area contributed by atoms with E-state index in [2.05, 4.69) is 0 Å². The number of rotatable bonds is 5. The number of hydrogen-bond acceptors (Lipinski definition) is 2. The van der Waals surface area contributed by atoms with Crippen molar-refractivity contribution in [3.8, 4) is 5.75 Å².